The van der Waals surface area contributed by atoms with Crippen LogP contribution in [0, 0.1) is 17.3 Å². The number of aromatic nitrogens is 5. The number of hydrogen-bond donors (Lipinski definition) is 1. The quantitative estimate of drug-likeness (QED) is 0.931. The van der Waals surface area contributed by atoms with Crippen LogP contribution in [0.2, 0.25) is 0 Å². The maximum atomic E-state index is 13.1. The Balaban J connectivity index is 1.50. The highest BCUT2D eigenvalue weighted by Crippen LogP contribution is 2.64. The maximum absolute atomic E-state index is 13.1. The second kappa shape index (κ2) is 4.59. The zero-order valence-corrected chi connectivity index (χ0v) is 13.5. The van der Waals surface area contributed by atoms with Crippen LogP contribution in [-0.2, 0) is 10.3 Å². The largest absolute Gasteiger partial charge is 0.301 e. The minimum absolute atomic E-state index is 0.124. The molecule has 4 aliphatic carbocycles. The highest BCUT2D eigenvalue weighted by atomic mass is 32.1. The number of carbonyl (C=O) groups excluding carboxylic acids is 1. The number of rotatable bonds is 3. The van der Waals surface area contributed by atoms with E-state index in [1.165, 1.54) is 24.1 Å². The number of hydrogen-bond acceptors (Lipinski definition) is 6. The number of nitrogens with zero attached hydrogens (tertiary/aromatic N) is 5. The highest BCUT2D eigenvalue weighted by molar-refractivity contribution is 7.13. The van der Waals surface area contributed by atoms with Crippen molar-refractivity contribution in [1.29, 1.82) is 0 Å². The molecule has 1 amide bonds. The van der Waals surface area contributed by atoms with E-state index in [0.717, 1.165) is 32.1 Å². The third-order valence-electron chi connectivity index (χ3n) is 5.94. The van der Waals surface area contributed by atoms with Gasteiger partial charge in [0.1, 0.15) is 0 Å². The molecule has 2 heterocycles. The summed E-state index contributed by atoms with van der Waals surface area (Å²) in [5.74, 6) is 1.31. The number of nitrogens with one attached hydrogen (secondary N) is 1. The molecule has 0 aliphatic heterocycles. The van der Waals surface area contributed by atoms with Crippen molar-refractivity contribution in [2.24, 2.45) is 17.3 Å². The number of anilines is 1. The summed E-state index contributed by atoms with van der Waals surface area (Å²) >= 11 is 1.47. The van der Waals surface area contributed by atoms with Gasteiger partial charge in [-0.25, -0.2) is 4.98 Å². The molecule has 0 unspecified atom stereocenters. The van der Waals surface area contributed by atoms with Gasteiger partial charge in [0.25, 0.3) is 0 Å². The maximum Gasteiger partial charge on any atom is 0.232 e. The van der Waals surface area contributed by atoms with Gasteiger partial charge in [-0.1, -0.05) is 0 Å². The van der Waals surface area contributed by atoms with Crippen molar-refractivity contribution < 1.29 is 4.79 Å². The molecular weight excluding hydrogens is 312 g/mol. The molecule has 6 rings (SSSR count). The Morgan fingerprint density at radius 3 is 2.78 bits per heavy atom. The fraction of sp³-hybridized carbons (Fsp3) is 0.667. The second-order valence-electron chi connectivity index (χ2n) is 7.48. The van der Waals surface area contributed by atoms with E-state index in [-0.39, 0.29) is 16.9 Å². The minimum Gasteiger partial charge on any atom is -0.301 e. The standard InChI is InChI=1S/C15H18N6OS/c22-12(19-13-16-1-2-23-13)14-4-10-3-11(5-14)7-15(6-10,8-14)21-18-9-17-20-21/h1-2,9-11H,3-8H2,(H,16,19,22)/t10-,11-,14?,15?/m1/s1. The molecule has 7 nitrogen and oxygen atoms in total. The topological polar surface area (TPSA) is 85.6 Å². The van der Waals surface area contributed by atoms with Crippen molar-refractivity contribution in [3.05, 3.63) is 17.9 Å². The van der Waals surface area contributed by atoms with Gasteiger partial charge in [-0.2, -0.15) is 4.80 Å². The summed E-state index contributed by atoms with van der Waals surface area (Å²) in [6, 6.07) is 0. The summed E-state index contributed by atoms with van der Waals surface area (Å²) in [6.07, 6.45) is 9.40. The predicted octanol–water partition coefficient (Wildman–Crippen LogP) is 2.06. The van der Waals surface area contributed by atoms with Crippen molar-refractivity contribution >= 4 is 22.4 Å². The predicted molar refractivity (Wildman–Crippen MR) is 83.6 cm³/mol. The van der Waals surface area contributed by atoms with Gasteiger partial charge < -0.3 is 5.32 Å². The van der Waals surface area contributed by atoms with Gasteiger partial charge in [-0.15, -0.1) is 21.5 Å². The summed E-state index contributed by atoms with van der Waals surface area (Å²) in [5.41, 5.74) is -0.426. The second-order valence-corrected chi connectivity index (χ2v) is 8.38. The van der Waals surface area contributed by atoms with Crippen molar-refractivity contribution in [2.45, 2.75) is 44.1 Å². The zero-order valence-electron chi connectivity index (χ0n) is 12.7. The first kappa shape index (κ1) is 13.6. The minimum atomic E-state index is -0.302. The van der Waals surface area contributed by atoms with Gasteiger partial charge in [0, 0.05) is 11.6 Å². The van der Waals surface area contributed by atoms with E-state index in [4.69, 9.17) is 0 Å². The molecule has 1 N–H and O–H groups in total. The van der Waals surface area contributed by atoms with E-state index in [1.807, 2.05) is 5.38 Å². The molecule has 23 heavy (non-hydrogen) atoms. The number of tetrazole rings is 1. The van der Waals surface area contributed by atoms with Crippen LogP contribution in [0.4, 0.5) is 5.13 Å². The van der Waals surface area contributed by atoms with E-state index < -0.39 is 0 Å². The molecule has 8 heteroatoms. The van der Waals surface area contributed by atoms with Gasteiger partial charge in [-0.3, -0.25) is 4.79 Å². The summed E-state index contributed by atoms with van der Waals surface area (Å²) in [6.45, 7) is 0. The van der Waals surface area contributed by atoms with Crippen LogP contribution < -0.4 is 5.32 Å². The molecule has 4 bridgehead atoms. The SMILES string of the molecule is O=C(Nc1nccs1)C12C[C@H]3C[C@H](C1)CC(n1ncnn1)(C3)C2. The van der Waals surface area contributed by atoms with Crippen LogP contribution in [0.3, 0.4) is 0 Å². The monoisotopic (exact) mass is 330 g/mol. The molecule has 4 saturated carbocycles. The molecule has 2 atom stereocenters. The van der Waals surface area contributed by atoms with E-state index >= 15 is 0 Å². The van der Waals surface area contributed by atoms with Gasteiger partial charge in [0.05, 0.1) is 11.0 Å². The van der Waals surface area contributed by atoms with Crippen molar-refractivity contribution in [3.63, 3.8) is 0 Å². The van der Waals surface area contributed by atoms with Gasteiger partial charge in [0.2, 0.25) is 5.91 Å². The smallest absolute Gasteiger partial charge is 0.232 e. The van der Waals surface area contributed by atoms with Crippen molar-refractivity contribution in [2.75, 3.05) is 5.32 Å². The van der Waals surface area contributed by atoms with Crippen LogP contribution >= 0.6 is 11.3 Å². The lowest BCUT2D eigenvalue weighted by Gasteiger charge is -2.60. The molecule has 120 valence electrons. The Morgan fingerprint density at radius 1 is 1.30 bits per heavy atom. The Bertz CT molecular complexity index is 713. The summed E-state index contributed by atoms with van der Waals surface area (Å²) < 4.78 is 0. The van der Waals surface area contributed by atoms with Crippen LogP contribution in [0.25, 0.3) is 0 Å². The molecule has 2 aromatic rings. The van der Waals surface area contributed by atoms with Crippen LogP contribution in [-0.4, -0.2) is 31.1 Å². The number of amides is 1. The average Bonchev–Trinajstić information content (AvgIpc) is 3.19. The Labute approximate surface area is 137 Å². The van der Waals surface area contributed by atoms with E-state index in [1.54, 1.807) is 11.0 Å². The zero-order chi connectivity index (χ0) is 15.5. The van der Waals surface area contributed by atoms with Gasteiger partial charge >= 0.3 is 0 Å². The molecule has 0 saturated heterocycles. The molecule has 0 radical (unpaired) electrons. The van der Waals surface area contributed by atoms with E-state index in [9.17, 15) is 4.79 Å². The fourth-order valence-electron chi connectivity index (χ4n) is 5.61. The lowest BCUT2D eigenvalue weighted by molar-refractivity contribution is -0.152. The first-order valence-corrected chi connectivity index (χ1v) is 9.00. The van der Waals surface area contributed by atoms with Crippen LogP contribution in [0.1, 0.15) is 38.5 Å². The normalized spacial score (nSPS) is 37.9. The van der Waals surface area contributed by atoms with E-state index in [2.05, 4.69) is 25.7 Å². The van der Waals surface area contributed by atoms with Crippen LogP contribution in [0.15, 0.2) is 17.9 Å². The molecule has 4 fully saturated rings. The lowest BCUT2D eigenvalue weighted by atomic mass is 9.46. The van der Waals surface area contributed by atoms with Crippen molar-refractivity contribution in [3.8, 4) is 0 Å². The number of carbonyl (C=O) groups is 1. The fourth-order valence-corrected chi connectivity index (χ4v) is 6.14. The van der Waals surface area contributed by atoms with E-state index in [0.29, 0.717) is 17.0 Å². The number of thiazole rings is 1. The Kier molecular flexibility index (Phi) is 2.72. The molecular formula is C15H18N6OS. The highest BCUT2D eigenvalue weighted by Gasteiger charge is 2.62. The van der Waals surface area contributed by atoms with Gasteiger partial charge in [-0.05, 0) is 55.6 Å². The van der Waals surface area contributed by atoms with Gasteiger partial charge in [0.15, 0.2) is 11.5 Å². The average molecular weight is 330 g/mol. The molecule has 0 aromatic carbocycles. The van der Waals surface area contributed by atoms with Crippen molar-refractivity contribution in [1.82, 2.24) is 25.2 Å². The Morgan fingerprint density at radius 2 is 2.13 bits per heavy atom. The first-order chi connectivity index (χ1) is 11.2. The summed E-state index contributed by atoms with van der Waals surface area (Å²) in [5, 5.41) is 18.0. The summed E-state index contributed by atoms with van der Waals surface area (Å²) in [4.78, 5) is 19.1. The molecule has 2 aromatic heterocycles. The first-order valence-electron chi connectivity index (χ1n) is 8.12. The van der Waals surface area contributed by atoms with Crippen LogP contribution in [0.5, 0.6) is 0 Å². The summed E-state index contributed by atoms with van der Waals surface area (Å²) in [7, 11) is 0. The third-order valence-corrected chi connectivity index (χ3v) is 6.63. The molecule has 4 aliphatic rings. The lowest BCUT2D eigenvalue weighted by Crippen LogP contribution is -2.60. The Hall–Kier alpha value is -1.83. The third kappa shape index (κ3) is 1.97. The molecule has 0 spiro atoms.